The van der Waals surface area contributed by atoms with Crippen LogP contribution in [-0.4, -0.2) is 30.1 Å². The minimum absolute atomic E-state index is 0.288. The molecule has 7 nitrogen and oxygen atoms in total. The first-order valence-electron chi connectivity index (χ1n) is 5.81. The summed E-state index contributed by atoms with van der Waals surface area (Å²) in [4.78, 5) is 33.4. The van der Waals surface area contributed by atoms with Crippen molar-refractivity contribution in [3.05, 3.63) is 29.8 Å². The van der Waals surface area contributed by atoms with Gasteiger partial charge in [-0.1, -0.05) is 12.1 Å². The molecule has 0 aliphatic carbocycles. The smallest absolute Gasteiger partial charge is 0.406 e. The normalized spacial score (nSPS) is 11.1. The highest BCUT2D eigenvalue weighted by Gasteiger charge is 2.31. The Labute approximate surface area is 122 Å². The largest absolute Gasteiger partial charge is 0.573 e. The third-order valence-corrected chi connectivity index (χ3v) is 2.40. The summed E-state index contributed by atoms with van der Waals surface area (Å²) in [6, 6.07) is 2.85. The molecule has 0 bridgehead atoms. The molecule has 0 saturated carbocycles. The predicted molar refractivity (Wildman–Crippen MR) is 67.1 cm³/mol. The van der Waals surface area contributed by atoms with E-state index in [4.69, 9.17) is 11.5 Å². The van der Waals surface area contributed by atoms with Gasteiger partial charge in [-0.3, -0.25) is 14.4 Å². The van der Waals surface area contributed by atoms with E-state index in [0.29, 0.717) is 5.56 Å². The number of nitrogens with one attached hydrogen (secondary N) is 1. The summed E-state index contributed by atoms with van der Waals surface area (Å²) < 4.78 is 39.6. The summed E-state index contributed by atoms with van der Waals surface area (Å²) in [7, 11) is 0. The van der Waals surface area contributed by atoms with Gasteiger partial charge in [0.15, 0.2) is 6.04 Å². The van der Waals surface area contributed by atoms with Crippen LogP contribution in [0.1, 0.15) is 5.56 Å². The van der Waals surface area contributed by atoms with Crippen LogP contribution in [0.15, 0.2) is 24.3 Å². The van der Waals surface area contributed by atoms with Crippen LogP contribution in [0.25, 0.3) is 0 Å². The average molecular weight is 319 g/mol. The van der Waals surface area contributed by atoms with E-state index in [9.17, 15) is 27.6 Å². The molecule has 0 fully saturated rings. The molecule has 0 radical (unpaired) electrons. The van der Waals surface area contributed by atoms with Crippen LogP contribution in [0.4, 0.5) is 13.2 Å². The number of carbonyl (C=O) groups excluding carboxylic acids is 3. The van der Waals surface area contributed by atoms with Crippen LogP contribution in [0.3, 0.4) is 0 Å². The molecule has 0 aliphatic heterocycles. The lowest BCUT2D eigenvalue weighted by molar-refractivity contribution is -0.274. The van der Waals surface area contributed by atoms with E-state index in [1.807, 2.05) is 5.32 Å². The molecule has 1 aromatic rings. The number of benzene rings is 1. The Kier molecular flexibility index (Phi) is 5.33. The molecule has 0 spiro atoms. The Hall–Kier alpha value is -2.78. The van der Waals surface area contributed by atoms with Crippen molar-refractivity contribution in [2.75, 3.05) is 0 Å². The highest BCUT2D eigenvalue weighted by molar-refractivity contribution is 6.05. The zero-order valence-electron chi connectivity index (χ0n) is 11.0. The van der Waals surface area contributed by atoms with E-state index in [1.54, 1.807) is 0 Å². The number of hydrogen-bond acceptors (Lipinski definition) is 4. The second-order valence-electron chi connectivity index (χ2n) is 4.17. The third-order valence-electron chi connectivity index (χ3n) is 2.40. The van der Waals surface area contributed by atoms with Crippen molar-refractivity contribution in [3.63, 3.8) is 0 Å². The lowest BCUT2D eigenvalue weighted by Gasteiger charge is -2.12. The molecule has 1 rings (SSSR count). The van der Waals surface area contributed by atoms with E-state index in [0.717, 1.165) is 12.1 Å². The Morgan fingerprint density at radius 1 is 1.09 bits per heavy atom. The van der Waals surface area contributed by atoms with Crippen LogP contribution in [0, 0.1) is 0 Å². The number of halogens is 3. The Bertz CT molecular complexity index is 558. The molecule has 3 amide bonds. The van der Waals surface area contributed by atoms with Crippen LogP contribution in [-0.2, 0) is 20.8 Å². The van der Waals surface area contributed by atoms with Gasteiger partial charge < -0.3 is 21.5 Å². The molecule has 0 unspecified atom stereocenters. The van der Waals surface area contributed by atoms with Gasteiger partial charge in [-0.2, -0.15) is 0 Å². The first kappa shape index (κ1) is 17.3. The minimum Gasteiger partial charge on any atom is -0.406 e. The summed E-state index contributed by atoms with van der Waals surface area (Å²) in [6.45, 7) is 0. The van der Waals surface area contributed by atoms with Crippen molar-refractivity contribution < 1.29 is 32.3 Å². The van der Waals surface area contributed by atoms with Gasteiger partial charge in [-0.15, -0.1) is 13.2 Å². The second kappa shape index (κ2) is 6.78. The first-order chi connectivity index (χ1) is 10.1. The summed E-state index contributed by atoms with van der Waals surface area (Å²) in [6.07, 6.45) is -5.10. The summed E-state index contributed by atoms with van der Waals surface area (Å²) >= 11 is 0. The summed E-state index contributed by atoms with van der Waals surface area (Å²) in [5.41, 5.74) is 10.1. The summed E-state index contributed by atoms with van der Waals surface area (Å²) in [5.74, 6) is -3.42. The third kappa shape index (κ3) is 5.69. The first-order valence-corrected chi connectivity index (χ1v) is 5.81. The maximum absolute atomic E-state index is 12.0. The van der Waals surface area contributed by atoms with E-state index in [1.165, 1.54) is 12.1 Å². The fourth-order valence-corrected chi connectivity index (χ4v) is 1.49. The fourth-order valence-electron chi connectivity index (χ4n) is 1.49. The van der Waals surface area contributed by atoms with Gasteiger partial charge in [0, 0.05) is 0 Å². The Morgan fingerprint density at radius 3 is 2.00 bits per heavy atom. The Balaban J connectivity index is 2.65. The van der Waals surface area contributed by atoms with Gasteiger partial charge in [0.25, 0.3) is 0 Å². The number of nitrogens with two attached hydrogens (primary N) is 2. The van der Waals surface area contributed by atoms with Gasteiger partial charge in [0.05, 0.1) is 6.42 Å². The van der Waals surface area contributed by atoms with Crippen LogP contribution >= 0.6 is 0 Å². The second-order valence-corrected chi connectivity index (χ2v) is 4.17. The van der Waals surface area contributed by atoms with Crippen LogP contribution < -0.4 is 21.5 Å². The van der Waals surface area contributed by atoms with Crippen molar-refractivity contribution in [1.29, 1.82) is 0 Å². The molecule has 1 aromatic carbocycles. The fraction of sp³-hybridized carbons (Fsp3) is 0.250. The number of alkyl halides is 3. The lowest BCUT2D eigenvalue weighted by atomic mass is 10.1. The number of hydrogen-bond donors (Lipinski definition) is 3. The topological polar surface area (TPSA) is 125 Å². The van der Waals surface area contributed by atoms with Crippen molar-refractivity contribution in [1.82, 2.24) is 5.32 Å². The molecule has 0 atom stereocenters. The number of amides is 3. The number of carbonyl (C=O) groups is 3. The molecule has 22 heavy (non-hydrogen) atoms. The van der Waals surface area contributed by atoms with Crippen molar-refractivity contribution in [2.45, 2.75) is 18.8 Å². The lowest BCUT2D eigenvalue weighted by Crippen LogP contribution is -2.52. The molecular weight excluding hydrogens is 307 g/mol. The van der Waals surface area contributed by atoms with Gasteiger partial charge in [-0.25, -0.2) is 0 Å². The maximum Gasteiger partial charge on any atom is 0.573 e. The molecule has 0 saturated heterocycles. The summed E-state index contributed by atoms with van der Waals surface area (Å²) in [5, 5.41) is 2.02. The molecular formula is C12H12F3N3O4. The highest BCUT2D eigenvalue weighted by Crippen LogP contribution is 2.22. The average Bonchev–Trinajstić information content (AvgIpc) is 2.36. The van der Waals surface area contributed by atoms with Crippen molar-refractivity contribution in [3.8, 4) is 5.75 Å². The zero-order valence-corrected chi connectivity index (χ0v) is 11.0. The molecule has 0 heterocycles. The van der Waals surface area contributed by atoms with Gasteiger partial charge >= 0.3 is 6.36 Å². The van der Waals surface area contributed by atoms with Crippen LogP contribution in [0.5, 0.6) is 5.75 Å². The minimum atomic E-state index is -4.81. The predicted octanol–water partition coefficient (Wildman–Crippen LogP) is -0.417. The number of ether oxygens (including phenoxy) is 1. The molecule has 10 heteroatoms. The van der Waals surface area contributed by atoms with Gasteiger partial charge in [-0.05, 0) is 17.7 Å². The van der Waals surface area contributed by atoms with E-state index >= 15 is 0 Å². The van der Waals surface area contributed by atoms with Crippen molar-refractivity contribution >= 4 is 17.7 Å². The van der Waals surface area contributed by atoms with Gasteiger partial charge in [0.1, 0.15) is 5.75 Å². The van der Waals surface area contributed by atoms with Gasteiger partial charge in [0.2, 0.25) is 17.7 Å². The van der Waals surface area contributed by atoms with E-state index in [2.05, 4.69) is 4.74 Å². The number of rotatable bonds is 6. The van der Waals surface area contributed by atoms with E-state index < -0.39 is 35.9 Å². The van der Waals surface area contributed by atoms with E-state index in [-0.39, 0.29) is 6.42 Å². The maximum atomic E-state index is 12.0. The standard InChI is InChI=1S/C12H12F3N3O4/c13-12(14,15)22-7-3-1-6(2-4-7)5-8(19)18-9(10(16)20)11(17)21/h1-4,9H,5H2,(H2,16,20)(H2,17,21)(H,18,19). The SMILES string of the molecule is NC(=O)C(NC(=O)Cc1ccc(OC(F)(F)F)cc1)C(N)=O. The molecule has 0 aromatic heterocycles. The Morgan fingerprint density at radius 2 is 1.59 bits per heavy atom. The van der Waals surface area contributed by atoms with Crippen molar-refractivity contribution in [2.24, 2.45) is 11.5 Å². The quantitative estimate of drug-likeness (QED) is 0.616. The monoisotopic (exact) mass is 319 g/mol. The zero-order chi connectivity index (χ0) is 16.9. The number of primary amides is 2. The molecule has 0 aliphatic rings. The molecule has 5 N–H and O–H groups in total. The van der Waals surface area contributed by atoms with Crippen LogP contribution in [0.2, 0.25) is 0 Å². The molecule has 120 valence electrons. The highest BCUT2D eigenvalue weighted by atomic mass is 19.4.